The fourth-order valence-corrected chi connectivity index (χ4v) is 4.18. The number of morpholine rings is 1. The number of carbonyl (C=O) groups excluding carboxylic acids is 1. The van der Waals surface area contributed by atoms with Gasteiger partial charge in [0, 0.05) is 42.5 Å². The smallest absolute Gasteiger partial charge is 0.323 e. The highest BCUT2D eigenvalue weighted by molar-refractivity contribution is 6.09. The number of nitrogens with zero attached hydrogens (tertiary/aromatic N) is 2. The van der Waals surface area contributed by atoms with Gasteiger partial charge in [-0.05, 0) is 41.3 Å². The molecule has 0 saturated carbocycles. The maximum atomic E-state index is 13.4. The molecule has 4 aromatic rings. The SMILES string of the molecule is O=C(Nc1cccc(F)c1)Nc1ccc(-c2ccc(CN3CCOCC3)nc2)c2ccccc12. The van der Waals surface area contributed by atoms with Crippen molar-refractivity contribution in [3.8, 4) is 11.1 Å². The second-order valence-corrected chi connectivity index (χ2v) is 8.22. The normalized spacial score (nSPS) is 14.1. The van der Waals surface area contributed by atoms with Crippen LogP contribution in [0.2, 0.25) is 0 Å². The predicted octanol–water partition coefficient (Wildman–Crippen LogP) is 5.52. The van der Waals surface area contributed by atoms with Crippen LogP contribution in [0.1, 0.15) is 5.69 Å². The van der Waals surface area contributed by atoms with Crippen molar-refractivity contribution in [3.63, 3.8) is 0 Å². The van der Waals surface area contributed by atoms with Gasteiger partial charge in [0.1, 0.15) is 5.82 Å². The molecule has 0 aliphatic carbocycles. The van der Waals surface area contributed by atoms with Crippen LogP contribution < -0.4 is 10.6 Å². The van der Waals surface area contributed by atoms with Crippen molar-refractivity contribution in [2.45, 2.75) is 6.54 Å². The van der Waals surface area contributed by atoms with Gasteiger partial charge in [0.15, 0.2) is 0 Å². The van der Waals surface area contributed by atoms with Crippen LogP contribution in [0.25, 0.3) is 21.9 Å². The fraction of sp³-hybridized carbons (Fsp3) is 0.185. The number of halogens is 1. The molecule has 0 radical (unpaired) electrons. The summed E-state index contributed by atoms with van der Waals surface area (Å²) in [7, 11) is 0. The summed E-state index contributed by atoms with van der Waals surface area (Å²) in [5.74, 6) is -0.405. The Hall–Kier alpha value is -3.81. The highest BCUT2D eigenvalue weighted by atomic mass is 19.1. The number of hydrogen-bond acceptors (Lipinski definition) is 4. The van der Waals surface area contributed by atoms with Crippen molar-refractivity contribution in [2.24, 2.45) is 0 Å². The first-order valence-electron chi connectivity index (χ1n) is 11.3. The molecule has 34 heavy (non-hydrogen) atoms. The predicted molar refractivity (Wildman–Crippen MR) is 132 cm³/mol. The molecule has 1 aromatic heterocycles. The van der Waals surface area contributed by atoms with Crippen molar-refractivity contribution in [1.82, 2.24) is 9.88 Å². The number of anilines is 2. The topological polar surface area (TPSA) is 66.5 Å². The number of urea groups is 1. The molecule has 2 heterocycles. The molecule has 5 rings (SSSR count). The number of rotatable bonds is 5. The Kier molecular flexibility index (Phi) is 6.46. The van der Waals surface area contributed by atoms with E-state index in [1.165, 1.54) is 12.1 Å². The van der Waals surface area contributed by atoms with Gasteiger partial charge in [-0.15, -0.1) is 0 Å². The van der Waals surface area contributed by atoms with Crippen LogP contribution in [-0.4, -0.2) is 42.2 Å². The van der Waals surface area contributed by atoms with Crippen molar-refractivity contribution in [3.05, 3.63) is 90.5 Å². The van der Waals surface area contributed by atoms with E-state index in [0.717, 1.165) is 60.4 Å². The zero-order chi connectivity index (χ0) is 23.3. The van der Waals surface area contributed by atoms with Gasteiger partial charge in [-0.2, -0.15) is 0 Å². The molecule has 1 saturated heterocycles. The van der Waals surface area contributed by atoms with E-state index in [-0.39, 0.29) is 0 Å². The van der Waals surface area contributed by atoms with Gasteiger partial charge in [0.2, 0.25) is 0 Å². The van der Waals surface area contributed by atoms with Crippen LogP contribution in [0.15, 0.2) is 79.0 Å². The Morgan fingerprint density at radius 1 is 0.941 bits per heavy atom. The van der Waals surface area contributed by atoms with Gasteiger partial charge in [-0.3, -0.25) is 9.88 Å². The lowest BCUT2D eigenvalue weighted by atomic mass is 9.98. The summed E-state index contributed by atoms with van der Waals surface area (Å²) in [4.78, 5) is 19.6. The average Bonchev–Trinajstić information content (AvgIpc) is 2.85. The minimum Gasteiger partial charge on any atom is -0.379 e. The summed E-state index contributed by atoms with van der Waals surface area (Å²) in [6, 6.07) is 21.3. The number of hydrogen-bond donors (Lipinski definition) is 2. The third-order valence-electron chi connectivity index (χ3n) is 5.88. The first kappa shape index (κ1) is 22.0. The third kappa shape index (κ3) is 5.06. The van der Waals surface area contributed by atoms with E-state index in [4.69, 9.17) is 4.74 Å². The summed E-state index contributed by atoms with van der Waals surface area (Å²) in [5, 5.41) is 7.47. The molecule has 6 nitrogen and oxygen atoms in total. The van der Waals surface area contributed by atoms with Crippen LogP contribution in [0.3, 0.4) is 0 Å². The molecular formula is C27H25FN4O2. The summed E-state index contributed by atoms with van der Waals surface area (Å²) < 4.78 is 18.8. The van der Waals surface area contributed by atoms with E-state index in [0.29, 0.717) is 11.4 Å². The average molecular weight is 457 g/mol. The molecule has 1 aliphatic heterocycles. The Labute approximate surface area is 197 Å². The maximum absolute atomic E-state index is 13.4. The zero-order valence-corrected chi connectivity index (χ0v) is 18.6. The number of ether oxygens (including phenoxy) is 1. The lowest BCUT2D eigenvalue weighted by Crippen LogP contribution is -2.35. The molecule has 172 valence electrons. The minimum absolute atomic E-state index is 0.390. The standard InChI is InChI=1S/C27H25FN4O2/c28-20-4-3-5-21(16-20)30-27(33)31-26-11-10-23(24-6-1-2-7-25(24)26)19-8-9-22(29-17-19)18-32-12-14-34-15-13-32/h1-11,16-17H,12-15,18H2,(H2,30,31,33). The molecule has 2 amide bonds. The number of fused-ring (bicyclic) bond motifs is 1. The van der Waals surface area contributed by atoms with Crippen molar-refractivity contribution >= 4 is 28.2 Å². The lowest BCUT2D eigenvalue weighted by Gasteiger charge is -2.26. The molecule has 2 N–H and O–H groups in total. The summed E-state index contributed by atoms with van der Waals surface area (Å²) in [6.45, 7) is 4.20. The molecule has 0 atom stereocenters. The Morgan fingerprint density at radius 2 is 1.76 bits per heavy atom. The second-order valence-electron chi connectivity index (χ2n) is 8.22. The van der Waals surface area contributed by atoms with Crippen LogP contribution in [-0.2, 0) is 11.3 Å². The number of amides is 2. The summed E-state index contributed by atoms with van der Waals surface area (Å²) in [6.07, 6.45) is 1.90. The van der Waals surface area contributed by atoms with E-state index in [1.54, 1.807) is 12.1 Å². The van der Waals surface area contributed by atoms with E-state index in [2.05, 4.69) is 32.7 Å². The molecule has 3 aromatic carbocycles. The Bertz CT molecular complexity index is 1300. The van der Waals surface area contributed by atoms with E-state index < -0.39 is 11.8 Å². The fourth-order valence-electron chi connectivity index (χ4n) is 4.18. The number of nitrogens with one attached hydrogen (secondary N) is 2. The van der Waals surface area contributed by atoms with Gasteiger partial charge in [0.25, 0.3) is 0 Å². The summed E-state index contributed by atoms with van der Waals surface area (Å²) in [5.41, 5.74) is 4.14. The highest BCUT2D eigenvalue weighted by Crippen LogP contribution is 2.33. The molecule has 1 aliphatic rings. The zero-order valence-electron chi connectivity index (χ0n) is 18.6. The quantitative estimate of drug-likeness (QED) is 0.415. The third-order valence-corrected chi connectivity index (χ3v) is 5.88. The molecule has 1 fully saturated rings. The molecule has 0 spiro atoms. The van der Waals surface area contributed by atoms with Crippen molar-refractivity contribution < 1.29 is 13.9 Å². The highest BCUT2D eigenvalue weighted by Gasteiger charge is 2.13. The van der Waals surface area contributed by atoms with Crippen LogP contribution in [0.5, 0.6) is 0 Å². The number of benzene rings is 3. The minimum atomic E-state index is -0.433. The number of aromatic nitrogens is 1. The van der Waals surface area contributed by atoms with Gasteiger partial charge in [-0.1, -0.05) is 42.5 Å². The van der Waals surface area contributed by atoms with E-state index >= 15 is 0 Å². The van der Waals surface area contributed by atoms with Crippen molar-refractivity contribution in [1.29, 1.82) is 0 Å². The molecule has 0 bridgehead atoms. The molecule has 7 heteroatoms. The lowest BCUT2D eigenvalue weighted by molar-refractivity contribution is 0.0336. The van der Waals surface area contributed by atoms with Crippen LogP contribution >= 0.6 is 0 Å². The number of carbonyl (C=O) groups is 1. The Balaban J connectivity index is 1.36. The van der Waals surface area contributed by atoms with Gasteiger partial charge in [0.05, 0.1) is 24.6 Å². The molecular weight excluding hydrogens is 431 g/mol. The van der Waals surface area contributed by atoms with Gasteiger partial charge < -0.3 is 15.4 Å². The number of pyridine rings is 1. The monoisotopic (exact) mass is 456 g/mol. The first-order valence-corrected chi connectivity index (χ1v) is 11.3. The van der Waals surface area contributed by atoms with E-state index in [9.17, 15) is 9.18 Å². The van der Waals surface area contributed by atoms with Crippen LogP contribution in [0.4, 0.5) is 20.6 Å². The maximum Gasteiger partial charge on any atom is 0.323 e. The summed E-state index contributed by atoms with van der Waals surface area (Å²) >= 11 is 0. The first-order chi connectivity index (χ1) is 16.7. The van der Waals surface area contributed by atoms with Gasteiger partial charge >= 0.3 is 6.03 Å². The van der Waals surface area contributed by atoms with Gasteiger partial charge in [-0.25, -0.2) is 9.18 Å². The Morgan fingerprint density at radius 3 is 2.53 bits per heavy atom. The van der Waals surface area contributed by atoms with Crippen molar-refractivity contribution in [2.75, 3.05) is 36.9 Å². The largest absolute Gasteiger partial charge is 0.379 e. The molecule has 0 unspecified atom stereocenters. The van der Waals surface area contributed by atoms with Crippen LogP contribution in [0, 0.1) is 5.82 Å². The second kappa shape index (κ2) is 9.99. The van der Waals surface area contributed by atoms with E-state index in [1.807, 2.05) is 42.6 Å².